The number of methoxy groups -OCH3 is 1. The van der Waals surface area contributed by atoms with E-state index in [9.17, 15) is 19.2 Å². The standard InChI is InChI=1S/C9H16O4.C8H10O4.C7H12O3/c1-8(2)9(10)13-7-6-12-5-4-11-3;1-5(2)7(9)12-6-3-4-11-8(6)10;1-4-9-5-10-7(8)6(2)3/h1,4-7H2,2-3H3;6H,1,3-4H2,2H3;2,4-5H2,1,3H3. The third-order valence-electron chi connectivity index (χ3n) is 3.55. The van der Waals surface area contributed by atoms with Gasteiger partial charge in [-0.25, -0.2) is 19.2 Å². The van der Waals surface area contributed by atoms with Crippen molar-refractivity contribution in [3.05, 3.63) is 36.5 Å². The van der Waals surface area contributed by atoms with Crippen LogP contribution in [0.2, 0.25) is 0 Å². The number of hydrogen-bond donors (Lipinski definition) is 0. The summed E-state index contributed by atoms with van der Waals surface area (Å²) in [6.07, 6.45) is -0.285. The Balaban J connectivity index is 0. The van der Waals surface area contributed by atoms with Crippen molar-refractivity contribution >= 4 is 23.9 Å². The molecule has 0 aromatic rings. The smallest absolute Gasteiger partial charge is 0.347 e. The third-order valence-corrected chi connectivity index (χ3v) is 3.55. The van der Waals surface area contributed by atoms with E-state index in [-0.39, 0.29) is 24.9 Å². The lowest BCUT2D eigenvalue weighted by molar-refractivity contribution is -0.157. The van der Waals surface area contributed by atoms with Gasteiger partial charge < -0.3 is 33.2 Å². The number of cyclic esters (lactones) is 1. The van der Waals surface area contributed by atoms with Gasteiger partial charge in [0.15, 0.2) is 6.79 Å². The summed E-state index contributed by atoms with van der Waals surface area (Å²) in [6, 6.07) is 0. The van der Waals surface area contributed by atoms with Crippen molar-refractivity contribution in [1.29, 1.82) is 0 Å². The average molecular weight is 503 g/mol. The van der Waals surface area contributed by atoms with Crippen molar-refractivity contribution in [2.45, 2.75) is 40.2 Å². The fourth-order valence-electron chi connectivity index (χ4n) is 1.68. The number of esters is 4. The first-order chi connectivity index (χ1) is 16.5. The summed E-state index contributed by atoms with van der Waals surface area (Å²) in [4.78, 5) is 43.2. The van der Waals surface area contributed by atoms with Gasteiger partial charge >= 0.3 is 23.9 Å². The summed E-state index contributed by atoms with van der Waals surface area (Å²) in [7, 11) is 1.60. The Kier molecular flexibility index (Phi) is 21.0. The van der Waals surface area contributed by atoms with Gasteiger partial charge in [0.25, 0.3) is 0 Å². The van der Waals surface area contributed by atoms with Crippen LogP contribution >= 0.6 is 0 Å². The Hall–Kier alpha value is -3.02. The molecular weight excluding hydrogens is 464 g/mol. The van der Waals surface area contributed by atoms with Crippen LogP contribution in [0.5, 0.6) is 0 Å². The second-order valence-corrected chi connectivity index (χ2v) is 6.97. The molecule has 0 amide bonds. The maximum Gasteiger partial charge on any atom is 0.347 e. The van der Waals surface area contributed by atoms with Gasteiger partial charge in [0.05, 0.1) is 26.4 Å². The maximum absolute atomic E-state index is 10.9. The van der Waals surface area contributed by atoms with E-state index in [2.05, 4.69) is 29.2 Å². The third kappa shape index (κ3) is 20.1. The van der Waals surface area contributed by atoms with Gasteiger partial charge in [-0.1, -0.05) is 19.7 Å². The highest BCUT2D eigenvalue weighted by atomic mass is 16.7. The molecule has 0 bridgehead atoms. The fraction of sp³-hybridized carbons (Fsp3) is 0.583. The zero-order valence-electron chi connectivity index (χ0n) is 21.3. The van der Waals surface area contributed by atoms with Crippen LogP contribution in [0.3, 0.4) is 0 Å². The maximum atomic E-state index is 10.9. The number of carbonyl (C=O) groups excluding carboxylic acids is 4. The van der Waals surface area contributed by atoms with E-state index in [0.29, 0.717) is 50.6 Å². The first-order valence-electron chi connectivity index (χ1n) is 10.8. The summed E-state index contributed by atoms with van der Waals surface area (Å²) < 4.78 is 33.3. The van der Waals surface area contributed by atoms with Crippen LogP contribution < -0.4 is 0 Å². The molecule has 0 saturated carbocycles. The Labute approximate surface area is 207 Å². The highest BCUT2D eigenvalue weighted by Crippen LogP contribution is 2.11. The number of hydrogen-bond acceptors (Lipinski definition) is 11. The highest BCUT2D eigenvalue weighted by molar-refractivity contribution is 5.89. The van der Waals surface area contributed by atoms with Gasteiger partial charge in [0.2, 0.25) is 6.10 Å². The van der Waals surface area contributed by atoms with E-state index in [1.54, 1.807) is 21.0 Å². The van der Waals surface area contributed by atoms with Gasteiger partial charge in [0.1, 0.15) is 6.61 Å². The SMILES string of the molecule is C=C(C)C(=O)OC1CCOC1=O.C=C(C)C(=O)OCCOCCOC.C=C(C)C(=O)OCOCC. The van der Waals surface area contributed by atoms with Crippen molar-refractivity contribution in [1.82, 2.24) is 0 Å². The molecule has 1 unspecified atom stereocenters. The summed E-state index contributed by atoms with van der Waals surface area (Å²) in [5, 5.41) is 0. The molecular formula is C24H38O11. The summed E-state index contributed by atoms with van der Waals surface area (Å²) in [5.41, 5.74) is 1.08. The molecule has 0 spiro atoms. The molecule has 1 heterocycles. The van der Waals surface area contributed by atoms with Crippen molar-refractivity contribution < 1.29 is 52.3 Å². The number of rotatable bonds is 13. The predicted molar refractivity (Wildman–Crippen MR) is 126 cm³/mol. The molecule has 11 heteroatoms. The molecule has 0 aliphatic carbocycles. The molecule has 200 valence electrons. The van der Waals surface area contributed by atoms with Crippen LogP contribution in [0.25, 0.3) is 0 Å². The predicted octanol–water partition coefficient (Wildman–Crippen LogP) is 2.29. The van der Waals surface area contributed by atoms with E-state index in [1.807, 2.05) is 6.92 Å². The van der Waals surface area contributed by atoms with Crippen LogP contribution in [0.15, 0.2) is 36.5 Å². The normalized spacial score (nSPS) is 13.6. The second kappa shape index (κ2) is 21.5. The van der Waals surface area contributed by atoms with Crippen molar-refractivity contribution in [3.63, 3.8) is 0 Å². The minimum absolute atomic E-state index is 0.0161. The van der Waals surface area contributed by atoms with Gasteiger partial charge in [-0.15, -0.1) is 0 Å². The first kappa shape index (κ1) is 34.1. The molecule has 1 atom stereocenters. The largest absolute Gasteiger partial charge is 0.463 e. The second-order valence-electron chi connectivity index (χ2n) is 6.97. The summed E-state index contributed by atoms with van der Waals surface area (Å²) in [6.45, 7) is 19.4. The van der Waals surface area contributed by atoms with Gasteiger partial charge in [0, 0.05) is 36.9 Å². The van der Waals surface area contributed by atoms with E-state index in [1.165, 1.54) is 6.92 Å². The van der Waals surface area contributed by atoms with Gasteiger partial charge in [-0.05, 0) is 27.7 Å². The molecule has 0 N–H and O–H groups in total. The lowest BCUT2D eigenvalue weighted by atomic mass is 10.3. The van der Waals surface area contributed by atoms with Gasteiger partial charge in [-0.3, -0.25) is 0 Å². The van der Waals surface area contributed by atoms with Crippen LogP contribution in [0.1, 0.15) is 34.1 Å². The zero-order chi connectivity index (χ0) is 27.2. The van der Waals surface area contributed by atoms with E-state index in [4.69, 9.17) is 23.7 Å². The Morgan fingerprint density at radius 1 is 0.857 bits per heavy atom. The molecule has 0 aromatic carbocycles. The van der Waals surface area contributed by atoms with Crippen molar-refractivity contribution in [2.24, 2.45) is 0 Å². The zero-order valence-corrected chi connectivity index (χ0v) is 21.3. The minimum atomic E-state index is -0.728. The summed E-state index contributed by atoms with van der Waals surface area (Å²) >= 11 is 0. The van der Waals surface area contributed by atoms with Crippen LogP contribution in [0, 0.1) is 0 Å². The number of ether oxygens (including phenoxy) is 7. The Bertz CT molecular complexity index is 712. The van der Waals surface area contributed by atoms with Crippen LogP contribution in [-0.4, -0.2) is 83.5 Å². The van der Waals surface area contributed by atoms with Crippen molar-refractivity contribution in [3.8, 4) is 0 Å². The van der Waals surface area contributed by atoms with E-state index >= 15 is 0 Å². The highest BCUT2D eigenvalue weighted by Gasteiger charge is 2.30. The van der Waals surface area contributed by atoms with Gasteiger partial charge in [-0.2, -0.15) is 0 Å². The molecule has 1 aliphatic rings. The van der Waals surface area contributed by atoms with Crippen LogP contribution in [0.4, 0.5) is 0 Å². The van der Waals surface area contributed by atoms with Crippen molar-refractivity contribution in [2.75, 3.05) is 53.5 Å². The molecule has 35 heavy (non-hydrogen) atoms. The molecule has 11 nitrogen and oxygen atoms in total. The Morgan fingerprint density at radius 3 is 1.86 bits per heavy atom. The molecule has 1 rings (SSSR count). The molecule has 1 saturated heterocycles. The molecule has 1 aliphatic heterocycles. The lowest BCUT2D eigenvalue weighted by Gasteiger charge is -2.06. The summed E-state index contributed by atoms with van der Waals surface area (Å²) in [5.74, 6) is -1.80. The van der Waals surface area contributed by atoms with Crippen LogP contribution in [-0.2, 0) is 52.3 Å². The molecule has 0 aromatic heterocycles. The monoisotopic (exact) mass is 502 g/mol. The molecule has 1 fully saturated rings. The lowest BCUT2D eigenvalue weighted by Crippen LogP contribution is -2.22. The van der Waals surface area contributed by atoms with E-state index < -0.39 is 24.0 Å². The minimum Gasteiger partial charge on any atom is -0.463 e. The quantitative estimate of drug-likeness (QED) is 0.121. The first-order valence-corrected chi connectivity index (χ1v) is 10.8. The van der Waals surface area contributed by atoms with E-state index in [0.717, 1.165) is 0 Å². The molecule has 0 radical (unpaired) electrons. The average Bonchev–Trinajstić information content (AvgIpc) is 3.20. The fourth-order valence-corrected chi connectivity index (χ4v) is 1.68. The number of carbonyl (C=O) groups is 4. The Morgan fingerprint density at radius 2 is 1.40 bits per heavy atom. The topological polar surface area (TPSA) is 133 Å².